The van der Waals surface area contributed by atoms with Gasteiger partial charge in [-0.2, -0.15) is 5.10 Å². The van der Waals surface area contributed by atoms with Crippen LogP contribution in [0.25, 0.3) is 5.69 Å². The third-order valence-corrected chi connectivity index (χ3v) is 3.40. The predicted octanol–water partition coefficient (Wildman–Crippen LogP) is 2.87. The van der Waals surface area contributed by atoms with E-state index < -0.39 is 0 Å². The van der Waals surface area contributed by atoms with Crippen LogP contribution in [0.3, 0.4) is 0 Å². The van der Waals surface area contributed by atoms with E-state index in [1.807, 2.05) is 36.5 Å². The molecule has 0 atom stereocenters. The first-order valence-electron chi connectivity index (χ1n) is 7.31. The summed E-state index contributed by atoms with van der Waals surface area (Å²) >= 11 is 0. The lowest BCUT2D eigenvalue weighted by Crippen LogP contribution is -2.24. The molecule has 2 aromatic carbocycles. The van der Waals surface area contributed by atoms with E-state index in [-0.39, 0.29) is 18.1 Å². The minimum atomic E-state index is -0.334. The third-order valence-electron chi connectivity index (χ3n) is 3.40. The van der Waals surface area contributed by atoms with Crippen molar-refractivity contribution in [1.82, 2.24) is 15.1 Å². The summed E-state index contributed by atoms with van der Waals surface area (Å²) < 4.78 is 14.8. The highest BCUT2D eigenvalue weighted by atomic mass is 19.1. The smallest absolute Gasteiger partial charge is 0.224 e. The van der Waals surface area contributed by atoms with Crippen molar-refractivity contribution in [2.24, 2.45) is 0 Å². The first-order valence-corrected chi connectivity index (χ1v) is 7.31. The van der Waals surface area contributed by atoms with Gasteiger partial charge in [0, 0.05) is 18.3 Å². The molecule has 0 radical (unpaired) electrons. The molecule has 0 aliphatic rings. The summed E-state index contributed by atoms with van der Waals surface area (Å²) in [5.41, 5.74) is 2.52. The largest absolute Gasteiger partial charge is 0.352 e. The summed E-state index contributed by atoms with van der Waals surface area (Å²) in [5.74, 6) is -0.484. The van der Waals surface area contributed by atoms with Gasteiger partial charge in [0.15, 0.2) is 0 Å². The Bertz CT molecular complexity index is 799. The summed E-state index contributed by atoms with van der Waals surface area (Å²) in [4.78, 5) is 11.9. The molecule has 23 heavy (non-hydrogen) atoms. The third kappa shape index (κ3) is 4.03. The van der Waals surface area contributed by atoms with Gasteiger partial charge in [0.2, 0.25) is 5.91 Å². The van der Waals surface area contributed by atoms with Crippen molar-refractivity contribution < 1.29 is 9.18 Å². The van der Waals surface area contributed by atoms with Crippen molar-refractivity contribution in [3.63, 3.8) is 0 Å². The zero-order valence-electron chi connectivity index (χ0n) is 12.4. The molecule has 5 heteroatoms. The normalized spacial score (nSPS) is 10.5. The highest BCUT2D eigenvalue weighted by Crippen LogP contribution is 2.08. The molecule has 4 nitrogen and oxygen atoms in total. The van der Waals surface area contributed by atoms with Gasteiger partial charge in [0.25, 0.3) is 0 Å². The van der Waals surface area contributed by atoms with Crippen LogP contribution in [0.1, 0.15) is 11.1 Å². The van der Waals surface area contributed by atoms with Gasteiger partial charge in [0.1, 0.15) is 5.82 Å². The fraction of sp³-hybridized carbons (Fsp3) is 0.111. The Morgan fingerprint density at radius 3 is 2.70 bits per heavy atom. The Labute approximate surface area is 133 Å². The second-order valence-corrected chi connectivity index (χ2v) is 5.21. The van der Waals surface area contributed by atoms with Crippen LogP contribution in [0.4, 0.5) is 4.39 Å². The molecule has 0 aliphatic carbocycles. The molecular formula is C18H16FN3O. The number of benzene rings is 2. The first kappa shape index (κ1) is 15.0. The van der Waals surface area contributed by atoms with Crippen molar-refractivity contribution >= 4 is 5.91 Å². The number of halogens is 1. The standard InChI is InChI=1S/C18H16FN3O/c19-16-6-4-5-14(9-16)10-18(23)20-11-15-12-21-22(13-15)17-7-2-1-3-8-17/h1-9,12-13H,10-11H2,(H,20,23). The molecule has 3 aromatic rings. The van der Waals surface area contributed by atoms with Gasteiger partial charge in [-0.15, -0.1) is 0 Å². The lowest BCUT2D eigenvalue weighted by Gasteiger charge is -2.04. The summed E-state index contributed by atoms with van der Waals surface area (Å²) in [7, 11) is 0. The van der Waals surface area contributed by atoms with Gasteiger partial charge in [-0.1, -0.05) is 30.3 Å². The maximum atomic E-state index is 13.1. The van der Waals surface area contributed by atoms with Gasteiger partial charge in [0.05, 0.1) is 18.3 Å². The Balaban J connectivity index is 1.56. The quantitative estimate of drug-likeness (QED) is 0.788. The van der Waals surface area contributed by atoms with E-state index in [4.69, 9.17) is 0 Å². The number of hydrogen-bond acceptors (Lipinski definition) is 2. The van der Waals surface area contributed by atoms with Gasteiger partial charge in [-0.25, -0.2) is 9.07 Å². The SMILES string of the molecule is O=C(Cc1cccc(F)c1)NCc1cnn(-c2ccccc2)c1. The molecular weight excluding hydrogens is 293 g/mol. The van der Waals surface area contributed by atoms with E-state index >= 15 is 0 Å². The lowest BCUT2D eigenvalue weighted by atomic mass is 10.1. The molecule has 1 aromatic heterocycles. The number of carbonyl (C=O) groups excluding carboxylic acids is 1. The zero-order chi connectivity index (χ0) is 16.1. The van der Waals surface area contributed by atoms with Crippen LogP contribution < -0.4 is 5.32 Å². The van der Waals surface area contributed by atoms with Crippen LogP contribution in [0.5, 0.6) is 0 Å². The minimum absolute atomic E-state index is 0.150. The van der Waals surface area contributed by atoms with Crippen molar-refractivity contribution in [2.75, 3.05) is 0 Å². The molecule has 0 saturated carbocycles. The molecule has 1 heterocycles. The van der Waals surface area contributed by atoms with Gasteiger partial charge in [-0.05, 0) is 29.8 Å². The molecule has 116 valence electrons. The highest BCUT2D eigenvalue weighted by molar-refractivity contribution is 5.78. The average Bonchev–Trinajstić information content (AvgIpc) is 3.03. The zero-order valence-corrected chi connectivity index (χ0v) is 12.4. The monoisotopic (exact) mass is 309 g/mol. The molecule has 3 rings (SSSR count). The summed E-state index contributed by atoms with van der Waals surface area (Å²) in [6.07, 6.45) is 3.75. The van der Waals surface area contributed by atoms with Crippen molar-refractivity contribution in [3.05, 3.63) is 83.9 Å². The van der Waals surface area contributed by atoms with Crippen molar-refractivity contribution in [2.45, 2.75) is 13.0 Å². The predicted molar refractivity (Wildman–Crippen MR) is 85.5 cm³/mol. The Hall–Kier alpha value is -2.95. The molecule has 0 aliphatic heterocycles. The summed E-state index contributed by atoms with van der Waals surface area (Å²) in [5, 5.41) is 7.09. The highest BCUT2D eigenvalue weighted by Gasteiger charge is 2.06. The van der Waals surface area contributed by atoms with Gasteiger partial charge in [-0.3, -0.25) is 4.79 Å². The van der Waals surface area contributed by atoms with E-state index in [0.29, 0.717) is 12.1 Å². The van der Waals surface area contributed by atoms with Crippen LogP contribution in [0.2, 0.25) is 0 Å². The topological polar surface area (TPSA) is 46.9 Å². The van der Waals surface area contributed by atoms with E-state index in [1.54, 1.807) is 23.0 Å². The fourth-order valence-electron chi connectivity index (χ4n) is 2.27. The Morgan fingerprint density at radius 2 is 1.91 bits per heavy atom. The molecule has 1 amide bonds. The molecule has 1 N–H and O–H groups in total. The molecule has 0 spiro atoms. The second-order valence-electron chi connectivity index (χ2n) is 5.21. The van der Waals surface area contributed by atoms with E-state index in [1.165, 1.54) is 12.1 Å². The maximum absolute atomic E-state index is 13.1. The van der Waals surface area contributed by atoms with Crippen LogP contribution >= 0.6 is 0 Å². The summed E-state index contributed by atoms with van der Waals surface area (Å²) in [6.45, 7) is 0.390. The Morgan fingerprint density at radius 1 is 1.09 bits per heavy atom. The number of nitrogens with one attached hydrogen (secondary N) is 1. The number of amides is 1. The van der Waals surface area contributed by atoms with E-state index in [2.05, 4.69) is 10.4 Å². The van der Waals surface area contributed by atoms with Crippen LogP contribution in [0.15, 0.2) is 67.0 Å². The molecule has 0 saturated heterocycles. The number of rotatable bonds is 5. The number of nitrogens with zero attached hydrogens (tertiary/aromatic N) is 2. The number of carbonyl (C=O) groups is 1. The molecule has 0 fully saturated rings. The maximum Gasteiger partial charge on any atom is 0.224 e. The minimum Gasteiger partial charge on any atom is -0.352 e. The van der Waals surface area contributed by atoms with Crippen molar-refractivity contribution in [3.8, 4) is 5.69 Å². The lowest BCUT2D eigenvalue weighted by molar-refractivity contribution is -0.120. The fourth-order valence-corrected chi connectivity index (χ4v) is 2.27. The van der Waals surface area contributed by atoms with Crippen LogP contribution in [0, 0.1) is 5.82 Å². The summed E-state index contributed by atoms with van der Waals surface area (Å²) in [6, 6.07) is 15.8. The number of para-hydroxylation sites is 1. The van der Waals surface area contributed by atoms with Crippen LogP contribution in [-0.4, -0.2) is 15.7 Å². The average molecular weight is 309 g/mol. The number of aromatic nitrogens is 2. The van der Waals surface area contributed by atoms with E-state index in [0.717, 1.165) is 11.3 Å². The second kappa shape index (κ2) is 6.87. The molecule has 0 bridgehead atoms. The van der Waals surface area contributed by atoms with Crippen LogP contribution in [-0.2, 0) is 17.8 Å². The van der Waals surface area contributed by atoms with Gasteiger partial charge < -0.3 is 5.32 Å². The van der Waals surface area contributed by atoms with Crippen molar-refractivity contribution in [1.29, 1.82) is 0 Å². The first-order chi connectivity index (χ1) is 11.2. The van der Waals surface area contributed by atoms with E-state index in [9.17, 15) is 9.18 Å². The molecule has 0 unspecified atom stereocenters. The van der Waals surface area contributed by atoms with Gasteiger partial charge >= 0.3 is 0 Å². The number of hydrogen-bond donors (Lipinski definition) is 1. The Kier molecular flexibility index (Phi) is 4.47.